The van der Waals surface area contributed by atoms with Crippen LogP contribution in [0.2, 0.25) is 0 Å². The molecule has 0 amide bonds. The number of nitrogens with zero attached hydrogens (tertiary/aromatic N) is 2. The molecule has 0 bridgehead atoms. The van der Waals surface area contributed by atoms with Gasteiger partial charge < -0.3 is 10.0 Å². The Kier molecular flexibility index (Phi) is 6.13. The van der Waals surface area contributed by atoms with Crippen LogP contribution in [0.4, 0.5) is 5.69 Å². The third-order valence-electron chi connectivity index (χ3n) is 2.90. The summed E-state index contributed by atoms with van der Waals surface area (Å²) in [6.45, 7) is 3.04. The van der Waals surface area contributed by atoms with Gasteiger partial charge in [-0.25, -0.2) is 0 Å². The fourth-order valence-electron chi connectivity index (χ4n) is 1.92. The minimum absolute atomic E-state index is 0.135. The van der Waals surface area contributed by atoms with Gasteiger partial charge >= 0.3 is 0 Å². The van der Waals surface area contributed by atoms with Gasteiger partial charge in [-0.3, -0.25) is 0 Å². The molecule has 3 nitrogen and oxygen atoms in total. The van der Waals surface area contributed by atoms with Crippen molar-refractivity contribution in [1.29, 1.82) is 5.26 Å². The van der Waals surface area contributed by atoms with Gasteiger partial charge in [-0.1, -0.05) is 25.1 Å². The number of benzene rings is 1. The molecule has 0 aliphatic heterocycles. The molecule has 0 aromatic heterocycles. The van der Waals surface area contributed by atoms with E-state index in [0.717, 1.165) is 25.1 Å². The molecule has 0 saturated carbocycles. The number of rotatable bonds is 7. The topological polar surface area (TPSA) is 47.3 Å². The minimum atomic E-state index is 0.135. The average molecular weight is 232 g/mol. The van der Waals surface area contributed by atoms with Crippen LogP contribution in [0.25, 0.3) is 0 Å². The van der Waals surface area contributed by atoms with Gasteiger partial charge in [0.25, 0.3) is 0 Å². The first-order valence-corrected chi connectivity index (χ1v) is 6.13. The van der Waals surface area contributed by atoms with E-state index in [2.05, 4.69) is 17.9 Å². The second-order valence-electron chi connectivity index (χ2n) is 4.04. The van der Waals surface area contributed by atoms with Crippen LogP contribution in [0.5, 0.6) is 0 Å². The number of hydrogen-bond donors (Lipinski definition) is 1. The molecule has 0 saturated heterocycles. The van der Waals surface area contributed by atoms with Gasteiger partial charge in [-0.15, -0.1) is 0 Å². The van der Waals surface area contributed by atoms with Crippen LogP contribution in [0.15, 0.2) is 30.3 Å². The molecule has 1 N–H and O–H groups in total. The summed E-state index contributed by atoms with van der Waals surface area (Å²) in [6, 6.07) is 12.4. The number of nitriles is 1. The molecular formula is C14H20N2O. The smallest absolute Gasteiger partial charge is 0.0634 e. The highest BCUT2D eigenvalue weighted by molar-refractivity contribution is 5.47. The van der Waals surface area contributed by atoms with Crippen LogP contribution >= 0.6 is 0 Å². The van der Waals surface area contributed by atoms with E-state index in [1.54, 1.807) is 0 Å². The SMILES string of the molecule is CCC(CO)N(CCCC#N)c1ccccc1. The number of para-hydroxylation sites is 1. The Hall–Kier alpha value is -1.53. The summed E-state index contributed by atoms with van der Waals surface area (Å²) in [5.41, 5.74) is 1.12. The lowest BCUT2D eigenvalue weighted by atomic mass is 10.1. The number of hydrogen-bond acceptors (Lipinski definition) is 3. The standard InChI is InChI=1S/C14H20N2O/c1-2-13(12-17)16(11-7-6-10-15)14-8-4-3-5-9-14/h3-5,8-9,13,17H,2,6-7,11-12H2,1H3. The lowest BCUT2D eigenvalue weighted by Gasteiger charge is -2.32. The van der Waals surface area contributed by atoms with E-state index in [1.165, 1.54) is 0 Å². The summed E-state index contributed by atoms with van der Waals surface area (Å²) in [5.74, 6) is 0. The van der Waals surface area contributed by atoms with Crippen molar-refractivity contribution >= 4 is 5.69 Å². The van der Waals surface area contributed by atoms with Crippen molar-refractivity contribution in [3.8, 4) is 6.07 Å². The van der Waals surface area contributed by atoms with E-state index in [0.29, 0.717) is 6.42 Å². The summed E-state index contributed by atoms with van der Waals surface area (Å²) < 4.78 is 0. The molecule has 3 heteroatoms. The Labute approximate surface area is 103 Å². The Morgan fingerprint density at radius 3 is 2.59 bits per heavy atom. The Morgan fingerprint density at radius 1 is 1.35 bits per heavy atom. The minimum Gasteiger partial charge on any atom is -0.394 e. The van der Waals surface area contributed by atoms with E-state index in [1.807, 2.05) is 30.3 Å². The van der Waals surface area contributed by atoms with Gasteiger partial charge in [0, 0.05) is 18.7 Å². The molecule has 1 unspecified atom stereocenters. The highest BCUT2D eigenvalue weighted by atomic mass is 16.3. The first-order valence-electron chi connectivity index (χ1n) is 6.13. The fourth-order valence-corrected chi connectivity index (χ4v) is 1.92. The molecule has 92 valence electrons. The molecule has 17 heavy (non-hydrogen) atoms. The molecule has 0 radical (unpaired) electrons. The van der Waals surface area contributed by atoms with Crippen LogP contribution in [-0.4, -0.2) is 24.3 Å². The maximum atomic E-state index is 9.41. The highest BCUT2D eigenvalue weighted by Crippen LogP contribution is 2.18. The third-order valence-corrected chi connectivity index (χ3v) is 2.90. The van der Waals surface area contributed by atoms with Gasteiger partial charge in [0.15, 0.2) is 0 Å². The predicted molar refractivity (Wildman–Crippen MR) is 69.8 cm³/mol. The second kappa shape index (κ2) is 7.70. The van der Waals surface area contributed by atoms with Crippen LogP contribution < -0.4 is 4.90 Å². The Balaban J connectivity index is 2.75. The zero-order chi connectivity index (χ0) is 12.5. The van der Waals surface area contributed by atoms with Crippen molar-refractivity contribution in [3.05, 3.63) is 30.3 Å². The zero-order valence-corrected chi connectivity index (χ0v) is 10.3. The van der Waals surface area contributed by atoms with Gasteiger partial charge in [0.05, 0.1) is 18.7 Å². The Bertz CT molecular complexity index is 341. The maximum absolute atomic E-state index is 9.41. The first-order chi connectivity index (χ1) is 8.33. The van der Waals surface area contributed by atoms with Gasteiger partial charge in [-0.2, -0.15) is 5.26 Å². The fraction of sp³-hybridized carbons (Fsp3) is 0.500. The summed E-state index contributed by atoms with van der Waals surface area (Å²) in [7, 11) is 0. The zero-order valence-electron chi connectivity index (χ0n) is 10.3. The summed E-state index contributed by atoms with van der Waals surface area (Å²) in [6.07, 6.45) is 2.30. The summed E-state index contributed by atoms with van der Waals surface area (Å²) >= 11 is 0. The molecule has 0 aliphatic carbocycles. The number of anilines is 1. The molecule has 1 aromatic rings. The van der Waals surface area contributed by atoms with Crippen LogP contribution in [0, 0.1) is 11.3 Å². The molecule has 1 rings (SSSR count). The first kappa shape index (κ1) is 13.5. The molecule has 0 fully saturated rings. The number of unbranched alkanes of at least 4 members (excludes halogenated alkanes) is 1. The third kappa shape index (κ3) is 4.08. The van der Waals surface area contributed by atoms with E-state index >= 15 is 0 Å². The lowest BCUT2D eigenvalue weighted by Crippen LogP contribution is -2.38. The lowest BCUT2D eigenvalue weighted by molar-refractivity contribution is 0.255. The maximum Gasteiger partial charge on any atom is 0.0634 e. The molecule has 0 heterocycles. The number of aliphatic hydroxyl groups excluding tert-OH is 1. The van der Waals surface area contributed by atoms with Crippen molar-refractivity contribution in [2.45, 2.75) is 32.2 Å². The largest absolute Gasteiger partial charge is 0.394 e. The van der Waals surface area contributed by atoms with Crippen molar-refractivity contribution in [2.24, 2.45) is 0 Å². The quantitative estimate of drug-likeness (QED) is 0.735. The monoisotopic (exact) mass is 232 g/mol. The predicted octanol–water partition coefficient (Wildman–Crippen LogP) is 2.57. The van der Waals surface area contributed by atoms with Crippen LogP contribution in [0.3, 0.4) is 0 Å². The molecular weight excluding hydrogens is 212 g/mol. The average Bonchev–Trinajstić information content (AvgIpc) is 2.39. The van der Waals surface area contributed by atoms with Gasteiger partial charge in [-0.05, 0) is 25.0 Å². The highest BCUT2D eigenvalue weighted by Gasteiger charge is 2.15. The van der Waals surface area contributed by atoms with E-state index in [9.17, 15) is 5.11 Å². The van der Waals surface area contributed by atoms with E-state index in [-0.39, 0.29) is 12.6 Å². The summed E-state index contributed by atoms with van der Waals surface area (Å²) in [5, 5.41) is 18.0. The molecule has 1 aromatic carbocycles. The van der Waals surface area contributed by atoms with Gasteiger partial charge in [0.2, 0.25) is 0 Å². The van der Waals surface area contributed by atoms with Crippen molar-refractivity contribution in [3.63, 3.8) is 0 Å². The van der Waals surface area contributed by atoms with Crippen LogP contribution in [0.1, 0.15) is 26.2 Å². The van der Waals surface area contributed by atoms with E-state index in [4.69, 9.17) is 5.26 Å². The van der Waals surface area contributed by atoms with Crippen LogP contribution in [-0.2, 0) is 0 Å². The van der Waals surface area contributed by atoms with Crippen molar-refractivity contribution < 1.29 is 5.11 Å². The molecule has 1 atom stereocenters. The molecule has 0 spiro atoms. The van der Waals surface area contributed by atoms with Gasteiger partial charge in [0.1, 0.15) is 0 Å². The van der Waals surface area contributed by atoms with Crippen molar-refractivity contribution in [1.82, 2.24) is 0 Å². The number of aliphatic hydroxyl groups is 1. The second-order valence-corrected chi connectivity index (χ2v) is 4.04. The van der Waals surface area contributed by atoms with Crippen molar-refractivity contribution in [2.75, 3.05) is 18.1 Å². The summed E-state index contributed by atoms with van der Waals surface area (Å²) in [4.78, 5) is 2.19. The molecule has 0 aliphatic rings. The normalized spacial score (nSPS) is 11.8. The Morgan fingerprint density at radius 2 is 2.06 bits per heavy atom. The van der Waals surface area contributed by atoms with E-state index < -0.39 is 0 Å².